The molecule has 2 heterocycles. The van der Waals surface area contributed by atoms with Gasteiger partial charge in [0, 0.05) is 31.2 Å². The highest BCUT2D eigenvalue weighted by Gasteiger charge is 2.26. The van der Waals surface area contributed by atoms with E-state index in [0.29, 0.717) is 36.9 Å². The van der Waals surface area contributed by atoms with E-state index < -0.39 is 11.7 Å². The van der Waals surface area contributed by atoms with Crippen LogP contribution < -0.4 is 5.73 Å². The van der Waals surface area contributed by atoms with E-state index in [-0.39, 0.29) is 17.8 Å². The van der Waals surface area contributed by atoms with E-state index in [1.807, 2.05) is 20.9 Å². The van der Waals surface area contributed by atoms with Gasteiger partial charge in [-0.3, -0.25) is 19.7 Å². The molecule has 1 aliphatic heterocycles. The predicted octanol–water partition coefficient (Wildman–Crippen LogP) is 2.82. The summed E-state index contributed by atoms with van der Waals surface area (Å²) < 4.78 is 19.3. The maximum absolute atomic E-state index is 14.0. The normalized spacial score (nSPS) is 14.8. The van der Waals surface area contributed by atoms with E-state index in [0.717, 1.165) is 18.5 Å². The van der Waals surface area contributed by atoms with Crippen molar-refractivity contribution in [1.82, 2.24) is 19.8 Å². The molecule has 0 atom stereocenters. The number of nitrogens with two attached hydrogens (primary N) is 1. The van der Waals surface area contributed by atoms with E-state index in [9.17, 15) is 14.0 Å². The average molecular weight is 429 g/mol. The van der Waals surface area contributed by atoms with E-state index in [1.165, 1.54) is 12.1 Å². The highest BCUT2D eigenvalue weighted by Crippen LogP contribution is 2.21. The summed E-state index contributed by atoms with van der Waals surface area (Å²) in [6, 6.07) is 4.50. The first-order valence-electron chi connectivity index (χ1n) is 10.3. The molecule has 2 N–H and O–H groups in total. The molecule has 2 amide bonds. The van der Waals surface area contributed by atoms with Gasteiger partial charge in [0.15, 0.2) is 0 Å². The Balaban J connectivity index is 1.56. The first-order valence-corrected chi connectivity index (χ1v) is 10.3. The Kier molecular flexibility index (Phi) is 7.17. The average Bonchev–Trinajstić information content (AvgIpc) is 2.73. The summed E-state index contributed by atoms with van der Waals surface area (Å²) in [4.78, 5) is 36.0. The second-order valence-corrected chi connectivity index (χ2v) is 8.02. The molecule has 0 bridgehead atoms. The number of carbonyl (C=O) groups excluding carboxylic acids is 2. The van der Waals surface area contributed by atoms with Crippen molar-refractivity contribution in [2.45, 2.75) is 45.4 Å². The molecule has 8 nitrogen and oxygen atoms in total. The quantitative estimate of drug-likeness (QED) is 0.758. The lowest BCUT2D eigenvalue weighted by atomic mass is 10.0. The fourth-order valence-corrected chi connectivity index (χ4v) is 3.61. The molecule has 0 radical (unpaired) electrons. The van der Waals surface area contributed by atoms with Gasteiger partial charge in [0.25, 0.3) is 5.91 Å². The van der Waals surface area contributed by atoms with Gasteiger partial charge in [-0.25, -0.2) is 9.18 Å². The van der Waals surface area contributed by atoms with Crippen molar-refractivity contribution in [2.75, 3.05) is 20.1 Å². The van der Waals surface area contributed by atoms with Crippen LogP contribution in [0.25, 0.3) is 11.3 Å². The summed E-state index contributed by atoms with van der Waals surface area (Å²) >= 11 is 0. The van der Waals surface area contributed by atoms with Crippen LogP contribution in [0.15, 0.2) is 30.6 Å². The molecule has 0 saturated carbocycles. The van der Waals surface area contributed by atoms with Gasteiger partial charge in [-0.2, -0.15) is 0 Å². The number of carbonyl (C=O) groups is 2. The maximum Gasteiger partial charge on any atom is 0.410 e. The van der Waals surface area contributed by atoms with Crippen molar-refractivity contribution in [3.63, 3.8) is 0 Å². The van der Waals surface area contributed by atoms with Crippen LogP contribution in [0, 0.1) is 5.82 Å². The van der Waals surface area contributed by atoms with Gasteiger partial charge in [-0.1, -0.05) is 6.07 Å². The van der Waals surface area contributed by atoms with Crippen LogP contribution >= 0.6 is 0 Å². The van der Waals surface area contributed by atoms with Crippen LogP contribution in [-0.4, -0.2) is 64.1 Å². The summed E-state index contributed by atoms with van der Waals surface area (Å²) in [5.41, 5.74) is 6.81. The lowest BCUT2D eigenvalue weighted by Crippen LogP contribution is -2.46. The molecule has 31 heavy (non-hydrogen) atoms. The highest BCUT2D eigenvalue weighted by atomic mass is 19.1. The van der Waals surface area contributed by atoms with Gasteiger partial charge in [0.1, 0.15) is 5.82 Å². The third-order valence-corrected chi connectivity index (χ3v) is 5.33. The van der Waals surface area contributed by atoms with Gasteiger partial charge < -0.3 is 15.4 Å². The molecule has 166 valence electrons. The van der Waals surface area contributed by atoms with Crippen molar-refractivity contribution in [3.05, 3.63) is 47.7 Å². The Morgan fingerprint density at radius 3 is 2.52 bits per heavy atom. The molecule has 0 aliphatic carbocycles. The number of primary amides is 1. The molecular formula is C22H28FN5O3. The topological polar surface area (TPSA) is 102 Å². The smallest absolute Gasteiger partial charge is 0.410 e. The van der Waals surface area contributed by atoms with E-state index in [4.69, 9.17) is 10.5 Å². The van der Waals surface area contributed by atoms with Crippen molar-refractivity contribution < 1.29 is 18.7 Å². The number of amides is 2. The third-order valence-electron chi connectivity index (χ3n) is 5.33. The number of likely N-dealkylation sites (tertiary alicyclic amines) is 1. The summed E-state index contributed by atoms with van der Waals surface area (Å²) in [5.74, 6) is -1.49. The molecule has 1 fully saturated rings. The predicted molar refractivity (Wildman–Crippen MR) is 114 cm³/mol. The molecule has 0 unspecified atom stereocenters. The van der Waals surface area contributed by atoms with Gasteiger partial charge in [-0.15, -0.1) is 0 Å². The lowest BCUT2D eigenvalue weighted by Gasteiger charge is -2.36. The Hall–Kier alpha value is -3.07. The number of aromatic nitrogens is 2. The fourth-order valence-electron chi connectivity index (χ4n) is 3.61. The Bertz CT molecular complexity index is 927. The van der Waals surface area contributed by atoms with Crippen molar-refractivity contribution in [3.8, 4) is 11.3 Å². The van der Waals surface area contributed by atoms with Gasteiger partial charge in [0.05, 0.1) is 35.4 Å². The zero-order valence-corrected chi connectivity index (χ0v) is 18.0. The minimum Gasteiger partial charge on any atom is -0.447 e. The summed E-state index contributed by atoms with van der Waals surface area (Å²) in [6.45, 7) is 5.63. The summed E-state index contributed by atoms with van der Waals surface area (Å²) in [5, 5.41) is 0. The van der Waals surface area contributed by atoms with Crippen LogP contribution in [0.3, 0.4) is 0 Å². The number of nitrogens with zero attached hydrogens (tertiary/aromatic N) is 4. The van der Waals surface area contributed by atoms with E-state index >= 15 is 0 Å². The molecular weight excluding hydrogens is 401 g/mol. The molecule has 1 aliphatic rings. The van der Waals surface area contributed by atoms with Crippen LogP contribution in [-0.2, 0) is 11.3 Å². The third kappa shape index (κ3) is 5.75. The molecule has 1 aromatic heterocycles. The second kappa shape index (κ2) is 9.82. The monoisotopic (exact) mass is 429 g/mol. The number of ether oxygens (including phenoxy) is 1. The number of halogens is 1. The minimum atomic E-state index is -0.809. The fraction of sp³-hybridized carbons (Fsp3) is 0.455. The van der Waals surface area contributed by atoms with E-state index in [2.05, 4.69) is 14.9 Å². The van der Waals surface area contributed by atoms with Crippen molar-refractivity contribution in [2.24, 2.45) is 5.73 Å². The first kappa shape index (κ1) is 22.6. The molecule has 1 aromatic carbocycles. The molecule has 3 rings (SSSR count). The Morgan fingerprint density at radius 2 is 1.97 bits per heavy atom. The number of hydrogen-bond donors (Lipinski definition) is 1. The number of rotatable bonds is 6. The Morgan fingerprint density at radius 1 is 1.26 bits per heavy atom. The van der Waals surface area contributed by atoms with Gasteiger partial charge in [0.2, 0.25) is 0 Å². The molecule has 0 spiro atoms. The molecule has 9 heteroatoms. The maximum atomic E-state index is 14.0. The summed E-state index contributed by atoms with van der Waals surface area (Å²) in [7, 11) is 2.03. The minimum absolute atomic E-state index is 0.118. The van der Waals surface area contributed by atoms with Crippen molar-refractivity contribution in [1.29, 1.82) is 0 Å². The van der Waals surface area contributed by atoms with Gasteiger partial charge in [-0.05, 0) is 45.9 Å². The largest absolute Gasteiger partial charge is 0.447 e. The number of benzene rings is 1. The standard InChI is InChI=1S/C22H28FN5O3/c1-14(2)31-22(30)28-8-6-17(7-9-28)27(3)13-16-11-26-20(12-25-16)15-4-5-18(21(24)29)19(23)10-15/h4-5,10-12,14,17H,6-9,13H2,1-3H3,(H2,24,29). The number of hydrogen-bond acceptors (Lipinski definition) is 6. The Labute approximate surface area is 181 Å². The van der Waals surface area contributed by atoms with Crippen LogP contribution in [0.2, 0.25) is 0 Å². The molecule has 2 aromatic rings. The summed E-state index contributed by atoms with van der Waals surface area (Å²) in [6.07, 6.45) is 4.61. The van der Waals surface area contributed by atoms with Crippen LogP contribution in [0.5, 0.6) is 0 Å². The first-order chi connectivity index (χ1) is 14.7. The van der Waals surface area contributed by atoms with Crippen LogP contribution in [0.4, 0.5) is 9.18 Å². The van der Waals surface area contributed by atoms with Gasteiger partial charge >= 0.3 is 6.09 Å². The lowest BCUT2D eigenvalue weighted by molar-refractivity contribution is 0.0575. The zero-order valence-electron chi connectivity index (χ0n) is 18.0. The SMILES string of the molecule is CC(C)OC(=O)N1CCC(N(C)Cc2cnc(-c3ccc(C(N)=O)c(F)c3)cn2)CC1. The van der Waals surface area contributed by atoms with Crippen LogP contribution in [0.1, 0.15) is 42.7 Å². The van der Waals surface area contributed by atoms with Crippen molar-refractivity contribution >= 4 is 12.0 Å². The second-order valence-electron chi connectivity index (χ2n) is 8.02. The number of piperidine rings is 1. The highest BCUT2D eigenvalue weighted by molar-refractivity contribution is 5.93. The van der Waals surface area contributed by atoms with E-state index in [1.54, 1.807) is 23.4 Å². The molecule has 1 saturated heterocycles. The zero-order chi connectivity index (χ0) is 22.5.